The van der Waals surface area contributed by atoms with Gasteiger partial charge in [-0.25, -0.2) is 0 Å². The number of aliphatic hydroxyl groups is 1. The minimum Gasteiger partial charge on any atom is -0.507 e. The third kappa shape index (κ3) is 6.17. The summed E-state index contributed by atoms with van der Waals surface area (Å²) in [5.41, 5.74) is -0.702. The molecule has 53 heavy (non-hydrogen) atoms. The first-order valence-corrected chi connectivity index (χ1v) is 19.0. The van der Waals surface area contributed by atoms with Crippen molar-refractivity contribution in [2.45, 2.75) is 55.1 Å². The van der Waals surface area contributed by atoms with Crippen LogP contribution in [-0.2, 0) is 20.9 Å². The molecule has 1 fully saturated rings. The van der Waals surface area contributed by atoms with Crippen molar-refractivity contribution in [1.29, 1.82) is 0 Å². The standard InChI is InChI=1S/C39H40ClN3O9S/c1-20-12-27(44)33(37(48)39(20)38(49)34-28(50-2)15-29(51-3)35(40)36(34)52-39)25(22-8-10-24(53-4)11-9-22)14-30(45)41-16-32(47)42-17-21-13-23(19-42)26-6-5-7-31(46)43(26)18-21/h5-11,15,20-21,23,25,48H,12-14,16-19H2,1-4H3,(H,41,45)/t20-,21-,23+,25?,39+/m1/s1. The zero-order valence-electron chi connectivity index (χ0n) is 29.8. The van der Waals surface area contributed by atoms with Crippen LogP contribution in [0.3, 0.4) is 0 Å². The number of thioether (sulfide) groups is 1. The maximum absolute atomic E-state index is 14.4. The zero-order valence-corrected chi connectivity index (χ0v) is 31.3. The molecule has 2 N–H and O–H groups in total. The van der Waals surface area contributed by atoms with E-state index < -0.39 is 40.7 Å². The first-order valence-electron chi connectivity index (χ1n) is 17.4. The number of benzene rings is 2. The maximum atomic E-state index is 14.4. The number of amides is 2. The third-order valence-electron chi connectivity index (χ3n) is 11.0. The number of carbonyl (C=O) groups excluding carboxylic acids is 4. The number of hydrogen-bond donors (Lipinski definition) is 2. The molecule has 2 bridgehead atoms. The summed E-state index contributed by atoms with van der Waals surface area (Å²) in [5.74, 6) is -3.81. The second-order valence-electron chi connectivity index (χ2n) is 14.1. The normalized spacial score (nSPS) is 23.6. The number of halogens is 1. The Kier molecular flexibility index (Phi) is 9.83. The van der Waals surface area contributed by atoms with Gasteiger partial charge in [0.05, 0.1) is 20.8 Å². The molecular weight excluding hydrogens is 722 g/mol. The SMILES string of the molecule is COc1cc(OC)c2c(c1Cl)O[C@]1(C2=O)C(O)=C(C(CC(=O)NCC(=O)N2C[C@H]3C[C@@H](C2)c2cccc(=O)n2C3)c2ccc(SC)cc2)C(=O)C[C@H]1C. The minimum absolute atomic E-state index is 0.00989. The van der Waals surface area contributed by atoms with Crippen LogP contribution < -0.4 is 25.1 Å². The molecule has 1 aliphatic carbocycles. The molecule has 0 saturated carbocycles. The number of Topliss-reactive ketones (excluding diaryl/α,β-unsaturated/α-hetero) is 2. The number of hydrogen-bond acceptors (Lipinski definition) is 10. The van der Waals surface area contributed by atoms with E-state index in [-0.39, 0.29) is 76.1 Å². The van der Waals surface area contributed by atoms with Gasteiger partial charge >= 0.3 is 0 Å². The Labute approximate surface area is 315 Å². The molecule has 3 aliphatic heterocycles. The summed E-state index contributed by atoms with van der Waals surface area (Å²) in [4.78, 5) is 70.6. The Balaban J connectivity index is 1.17. The smallest absolute Gasteiger partial charge is 0.250 e. The van der Waals surface area contributed by atoms with Crippen LogP contribution in [0.15, 0.2) is 69.6 Å². The van der Waals surface area contributed by atoms with Gasteiger partial charge in [-0.05, 0) is 42.4 Å². The van der Waals surface area contributed by atoms with Crippen LogP contribution in [-0.4, -0.2) is 83.7 Å². The quantitative estimate of drug-likeness (QED) is 0.288. The Morgan fingerprint density at radius 3 is 2.51 bits per heavy atom. The zero-order chi connectivity index (χ0) is 37.8. The molecule has 14 heteroatoms. The number of piperidine rings is 1. The number of nitrogens with zero attached hydrogens (tertiary/aromatic N) is 2. The fourth-order valence-corrected chi connectivity index (χ4v) is 9.08. The Bertz CT molecular complexity index is 2120. The molecule has 1 saturated heterocycles. The lowest BCUT2D eigenvalue weighted by atomic mass is 9.69. The van der Waals surface area contributed by atoms with E-state index in [1.807, 2.05) is 24.5 Å². The molecule has 0 radical (unpaired) electrons. The summed E-state index contributed by atoms with van der Waals surface area (Å²) < 4.78 is 19.0. The summed E-state index contributed by atoms with van der Waals surface area (Å²) in [6, 6.07) is 13.9. The molecule has 2 amide bonds. The lowest BCUT2D eigenvalue weighted by Gasteiger charge is -2.42. The van der Waals surface area contributed by atoms with Crippen LogP contribution in [0.25, 0.3) is 0 Å². The van der Waals surface area contributed by atoms with E-state index in [9.17, 15) is 29.1 Å². The predicted octanol–water partition coefficient (Wildman–Crippen LogP) is 4.91. The van der Waals surface area contributed by atoms with Gasteiger partial charge in [0.15, 0.2) is 17.3 Å². The molecule has 12 nitrogen and oxygen atoms in total. The van der Waals surface area contributed by atoms with Crippen molar-refractivity contribution in [3.63, 3.8) is 0 Å². The van der Waals surface area contributed by atoms with Gasteiger partial charge in [-0.15, -0.1) is 11.8 Å². The maximum Gasteiger partial charge on any atom is 0.250 e. The molecule has 2 aromatic carbocycles. The number of likely N-dealkylation sites (tertiary alicyclic amines) is 1. The van der Waals surface area contributed by atoms with Gasteiger partial charge in [0, 0.05) is 78.5 Å². The molecule has 4 heterocycles. The minimum atomic E-state index is -2.02. The molecular formula is C39H40ClN3O9S. The van der Waals surface area contributed by atoms with E-state index in [4.69, 9.17) is 25.8 Å². The summed E-state index contributed by atoms with van der Waals surface area (Å²) in [7, 11) is 2.79. The average Bonchev–Trinajstić information content (AvgIpc) is 3.47. The lowest BCUT2D eigenvalue weighted by molar-refractivity contribution is -0.135. The molecule has 3 aromatic rings. The largest absolute Gasteiger partial charge is 0.507 e. The van der Waals surface area contributed by atoms with E-state index in [1.54, 1.807) is 40.7 Å². The number of aromatic nitrogens is 1. The second-order valence-corrected chi connectivity index (χ2v) is 15.3. The highest BCUT2D eigenvalue weighted by Gasteiger charge is 2.61. The van der Waals surface area contributed by atoms with Gasteiger partial charge < -0.3 is 34.1 Å². The number of pyridine rings is 1. The third-order valence-corrected chi connectivity index (χ3v) is 12.1. The van der Waals surface area contributed by atoms with Crippen LogP contribution in [0.2, 0.25) is 5.02 Å². The average molecular weight is 762 g/mol. The van der Waals surface area contributed by atoms with Crippen molar-refractivity contribution < 1.29 is 38.5 Å². The van der Waals surface area contributed by atoms with E-state index in [2.05, 4.69) is 5.32 Å². The fraction of sp³-hybridized carbons (Fsp3) is 0.410. The van der Waals surface area contributed by atoms with Crippen LogP contribution in [0.4, 0.5) is 0 Å². The molecule has 1 aromatic heterocycles. The fourth-order valence-electron chi connectivity index (χ4n) is 8.40. The predicted molar refractivity (Wildman–Crippen MR) is 197 cm³/mol. The van der Waals surface area contributed by atoms with Crippen LogP contribution in [0, 0.1) is 11.8 Å². The number of allylic oxidation sites excluding steroid dienone is 1. The number of rotatable bonds is 9. The van der Waals surface area contributed by atoms with Crippen molar-refractivity contribution in [1.82, 2.24) is 14.8 Å². The Morgan fingerprint density at radius 2 is 1.81 bits per heavy atom. The summed E-state index contributed by atoms with van der Waals surface area (Å²) in [5, 5.41) is 14.9. The summed E-state index contributed by atoms with van der Waals surface area (Å²) in [6.45, 7) is 2.82. The number of nitrogens with one attached hydrogen (secondary N) is 1. The van der Waals surface area contributed by atoms with Gasteiger partial charge in [-0.2, -0.15) is 0 Å². The van der Waals surface area contributed by atoms with E-state index in [1.165, 1.54) is 32.0 Å². The Morgan fingerprint density at radius 1 is 1.08 bits per heavy atom. The first kappa shape index (κ1) is 36.6. The van der Waals surface area contributed by atoms with Crippen LogP contribution in [0.5, 0.6) is 17.2 Å². The molecule has 5 atom stereocenters. The topological polar surface area (TPSA) is 153 Å². The molecule has 1 unspecified atom stereocenters. The summed E-state index contributed by atoms with van der Waals surface area (Å²) in [6.07, 6.45) is 2.34. The van der Waals surface area contributed by atoms with Gasteiger partial charge in [-0.3, -0.25) is 24.0 Å². The number of methoxy groups -OCH3 is 2. The van der Waals surface area contributed by atoms with Crippen molar-refractivity contribution in [3.05, 3.63) is 92.1 Å². The number of ether oxygens (including phenoxy) is 3. The second kappa shape index (κ2) is 14.2. The highest BCUT2D eigenvalue weighted by Crippen LogP contribution is 2.56. The van der Waals surface area contributed by atoms with Crippen molar-refractivity contribution in [2.24, 2.45) is 11.8 Å². The highest BCUT2D eigenvalue weighted by molar-refractivity contribution is 7.98. The van der Waals surface area contributed by atoms with Crippen LogP contribution in [0.1, 0.15) is 59.6 Å². The van der Waals surface area contributed by atoms with Gasteiger partial charge in [0.1, 0.15) is 22.1 Å². The lowest BCUT2D eigenvalue weighted by Crippen LogP contribution is -2.53. The monoisotopic (exact) mass is 761 g/mol. The van der Waals surface area contributed by atoms with Gasteiger partial charge in [-0.1, -0.05) is 36.7 Å². The number of aliphatic hydroxyl groups excluding tert-OH is 1. The highest BCUT2D eigenvalue weighted by atomic mass is 35.5. The van der Waals surface area contributed by atoms with Gasteiger partial charge in [0.2, 0.25) is 23.2 Å². The molecule has 278 valence electrons. The number of fused-ring (bicyclic) bond motifs is 5. The molecule has 1 spiro atoms. The van der Waals surface area contributed by atoms with E-state index in [0.29, 0.717) is 25.2 Å². The Hall–Kier alpha value is -4.75. The van der Waals surface area contributed by atoms with Gasteiger partial charge in [0.25, 0.3) is 5.56 Å². The van der Waals surface area contributed by atoms with Crippen LogP contribution >= 0.6 is 23.4 Å². The van der Waals surface area contributed by atoms with Crippen molar-refractivity contribution in [2.75, 3.05) is 40.1 Å². The summed E-state index contributed by atoms with van der Waals surface area (Å²) >= 11 is 8.14. The number of ketones is 2. The first-order chi connectivity index (χ1) is 25.4. The van der Waals surface area contributed by atoms with E-state index >= 15 is 0 Å². The molecule has 7 rings (SSSR count). The van der Waals surface area contributed by atoms with E-state index in [0.717, 1.165) is 17.0 Å². The molecule has 4 aliphatic rings. The number of carbonyl (C=O) groups is 4. The van der Waals surface area contributed by atoms with Crippen molar-refractivity contribution in [3.8, 4) is 17.2 Å². The van der Waals surface area contributed by atoms with Crippen molar-refractivity contribution >= 4 is 46.7 Å².